The number of ether oxygens (including phenoxy) is 3. The average Bonchev–Trinajstić information content (AvgIpc) is 2.69. The summed E-state index contributed by atoms with van der Waals surface area (Å²) < 4.78 is 17.2. The van der Waals surface area contributed by atoms with Crippen LogP contribution in [0.3, 0.4) is 0 Å². The molecule has 0 aliphatic rings. The fraction of sp³-hybridized carbons (Fsp3) is 0.375. The minimum absolute atomic E-state index is 0.0185. The van der Waals surface area contributed by atoms with E-state index in [0.717, 1.165) is 18.2 Å². The molecule has 0 radical (unpaired) electrons. The van der Waals surface area contributed by atoms with Crippen molar-refractivity contribution in [3.05, 3.63) is 59.2 Å². The van der Waals surface area contributed by atoms with Crippen LogP contribution in [-0.2, 0) is 16.6 Å². The average molecular weight is 398 g/mol. The Kier molecular flexibility index (Phi) is 7.71. The third kappa shape index (κ3) is 6.56. The molecule has 2 aromatic carbocycles. The van der Waals surface area contributed by atoms with Gasteiger partial charge in [0.1, 0.15) is 19.0 Å². The van der Waals surface area contributed by atoms with Crippen LogP contribution in [0.4, 0.5) is 0 Å². The number of carbonyl (C=O) groups is 1. The van der Waals surface area contributed by atoms with E-state index in [0.29, 0.717) is 30.3 Å². The predicted octanol–water partition coefficient (Wildman–Crippen LogP) is 5.11. The maximum atomic E-state index is 10.7. The minimum atomic E-state index is -1.000. The molecule has 5 nitrogen and oxygen atoms in total. The Morgan fingerprint density at radius 2 is 1.66 bits per heavy atom. The fourth-order valence-corrected chi connectivity index (χ4v) is 2.89. The van der Waals surface area contributed by atoms with Gasteiger partial charge < -0.3 is 19.3 Å². The molecule has 0 saturated heterocycles. The van der Waals surface area contributed by atoms with Gasteiger partial charge in [-0.25, -0.2) is 4.79 Å². The zero-order valence-corrected chi connectivity index (χ0v) is 17.8. The lowest BCUT2D eigenvalue weighted by Gasteiger charge is -2.24. The standard InChI is InChI=1S/C24H30O5/c1-6-17-7-10-20(19(15-17)24(2,3)4)28-13-14-29-22-16-18(9-12-23(25)26)8-11-21(22)27-5/h7-12,15-16H,6,13-14H2,1-5H3,(H,25,26). The highest BCUT2D eigenvalue weighted by atomic mass is 16.5. The lowest BCUT2D eigenvalue weighted by Crippen LogP contribution is -2.16. The number of aryl methyl sites for hydroxylation is 1. The zero-order valence-electron chi connectivity index (χ0n) is 17.8. The Labute approximate surface area is 172 Å². The third-order valence-electron chi connectivity index (χ3n) is 4.46. The summed E-state index contributed by atoms with van der Waals surface area (Å²) in [4.78, 5) is 10.7. The van der Waals surface area contributed by atoms with Crippen LogP contribution in [0.25, 0.3) is 6.08 Å². The van der Waals surface area contributed by atoms with Gasteiger partial charge in [0.25, 0.3) is 0 Å². The van der Waals surface area contributed by atoms with Crippen molar-refractivity contribution in [2.24, 2.45) is 0 Å². The molecule has 2 rings (SSSR count). The van der Waals surface area contributed by atoms with Gasteiger partial charge in [-0.2, -0.15) is 0 Å². The van der Waals surface area contributed by atoms with Crippen LogP contribution in [0, 0.1) is 0 Å². The highest BCUT2D eigenvalue weighted by Crippen LogP contribution is 2.33. The maximum absolute atomic E-state index is 10.7. The molecule has 156 valence electrons. The van der Waals surface area contributed by atoms with E-state index >= 15 is 0 Å². The molecule has 0 saturated carbocycles. The molecule has 1 N–H and O–H groups in total. The molecule has 0 spiro atoms. The number of carboxylic acid groups (broad SMARTS) is 1. The normalized spacial score (nSPS) is 11.5. The Hall–Kier alpha value is -2.95. The second-order valence-electron chi connectivity index (χ2n) is 7.71. The summed E-state index contributed by atoms with van der Waals surface area (Å²) in [5, 5.41) is 8.78. The Balaban J connectivity index is 2.05. The Bertz CT molecular complexity index is 862. The molecule has 0 unspecified atom stereocenters. The summed E-state index contributed by atoms with van der Waals surface area (Å²) in [5.74, 6) is 0.991. The number of methoxy groups -OCH3 is 1. The number of benzene rings is 2. The van der Waals surface area contributed by atoms with E-state index in [1.54, 1.807) is 25.3 Å². The Morgan fingerprint density at radius 1 is 1.00 bits per heavy atom. The van der Waals surface area contributed by atoms with Crippen LogP contribution in [0.1, 0.15) is 44.4 Å². The molecule has 2 aromatic rings. The van der Waals surface area contributed by atoms with Crippen molar-refractivity contribution in [3.63, 3.8) is 0 Å². The highest BCUT2D eigenvalue weighted by molar-refractivity contribution is 5.85. The van der Waals surface area contributed by atoms with E-state index in [4.69, 9.17) is 19.3 Å². The van der Waals surface area contributed by atoms with Gasteiger partial charge >= 0.3 is 5.97 Å². The highest BCUT2D eigenvalue weighted by Gasteiger charge is 2.19. The third-order valence-corrected chi connectivity index (χ3v) is 4.46. The number of rotatable bonds is 9. The maximum Gasteiger partial charge on any atom is 0.328 e. The summed E-state index contributed by atoms with van der Waals surface area (Å²) in [6, 6.07) is 11.6. The van der Waals surface area contributed by atoms with Crippen molar-refractivity contribution >= 4 is 12.0 Å². The van der Waals surface area contributed by atoms with Crippen molar-refractivity contribution in [1.29, 1.82) is 0 Å². The van der Waals surface area contributed by atoms with Crippen LogP contribution < -0.4 is 14.2 Å². The fourth-order valence-electron chi connectivity index (χ4n) is 2.89. The molecule has 0 aliphatic carbocycles. The number of hydrogen-bond donors (Lipinski definition) is 1. The molecule has 5 heteroatoms. The van der Waals surface area contributed by atoms with Crippen molar-refractivity contribution in [2.45, 2.75) is 39.5 Å². The lowest BCUT2D eigenvalue weighted by atomic mass is 9.85. The quantitative estimate of drug-likeness (QED) is 0.470. The van der Waals surface area contributed by atoms with Gasteiger partial charge in [0.05, 0.1) is 7.11 Å². The first kappa shape index (κ1) is 22.3. The molecule has 0 atom stereocenters. The van der Waals surface area contributed by atoms with E-state index in [1.807, 2.05) is 6.07 Å². The predicted molar refractivity (Wildman–Crippen MR) is 115 cm³/mol. The first-order valence-corrected chi connectivity index (χ1v) is 9.72. The van der Waals surface area contributed by atoms with Gasteiger partial charge in [-0.05, 0) is 52.8 Å². The van der Waals surface area contributed by atoms with Crippen LogP contribution in [0.5, 0.6) is 17.2 Å². The monoisotopic (exact) mass is 398 g/mol. The van der Waals surface area contributed by atoms with Gasteiger partial charge in [0.2, 0.25) is 0 Å². The topological polar surface area (TPSA) is 65.0 Å². The van der Waals surface area contributed by atoms with Gasteiger partial charge in [-0.1, -0.05) is 45.9 Å². The molecule has 0 amide bonds. The van der Waals surface area contributed by atoms with Crippen LogP contribution in [0.15, 0.2) is 42.5 Å². The first-order chi connectivity index (χ1) is 13.7. The number of carboxylic acids is 1. The van der Waals surface area contributed by atoms with E-state index in [1.165, 1.54) is 17.2 Å². The van der Waals surface area contributed by atoms with Crippen molar-refractivity contribution < 1.29 is 24.1 Å². The summed E-state index contributed by atoms with van der Waals surface area (Å²) in [7, 11) is 1.57. The Morgan fingerprint density at radius 3 is 2.24 bits per heavy atom. The lowest BCUT2D eigenvalue weighted by molar-refractivity contribution is -0.131. The molecule has 0 fully saturated rings. The number of hydrogen-bond acceptors (Lipinski definition) is 4. The summed E-state index contributed by atoms with van der Waals surface area (Å²) in [6.45, 7) is 9.38. The van der Waals surface area contributed by atoms with E-state index in [9.17, 15) is 4.79 Å². The minimum Gasteiger partial charge on any atom is -0.493 e. The smallest absolute Gasteiger partial charge is 0.328 e. The van der Waals surface area contributed by atoms with Crippen LogP contribution in [0.2, 0.25) is 0 Å². The number of aliphatic carboxylic acids is 1. The summed E-state index contributed by atoms with van der Waals surface area (Å²) in [5.41, 5.74) is 3.16. The van der Waals surface area contributed by atoms with Crippen LogP contribution >= 0.6 is 0 Å². The first-order valence-electron chi connectivity index (χ1n) is 9.72. The van der Waals surface area contributed by atoms with Gasteiger partial charge in [-0.15, -0.1) is 0 Å². The molecule has 0 heterocycles. The summed E-state index contributed by atoms with van der Waals surface area (Å²) >= 11 is 0. The molecular weight excluding hydrogens is 368 g/mol. The second-order valence-corrected chi connectivity index (χ2v) is 7.71. The van der Waals surface area contributed by atoms with Gasteiger partial charge in [-0.3, -0.25) is 0 Å². The molecule has 0 aliphatic heterocycles. The molecular formula is C24H30O5. The molecule has 0 aromatic heterocycles. The summed E-state index contributed by atoms with van der Waals surface area (Å²) in [6.07, 6.45) is 3.58. The van der Waals surface area contributed by atoms with Crippen molar-refractivity contribution in [2.75, 3.05) is 20.3 Å². The SMILES string of the molecule is CCc1ccc(OCCOc2cc(C=CC(=O)O)ccc2OC)c(C(C)(C)C)c1. The van der Waals surface area contributed by atoms with E-state index < -0.39 is 5.97 Å². The second kappa shape index (κ2) is 10.0. The van der Waals surface area contributed by atoms with Gasteiger partial charge in [0.15, 0.2) is 11.5 Å². The molecule has 0 bridgehead atoms. The molecule has 29 heavy (non-hydrogen) atoms. The van der Waals surface area contributed by atoms with Crippen LogP contribution in [-0.4, -0.2) is 31.4 Å². The van der Waals surface area contributed by atoms with Gasteiger partial charge in [0, 0.05) is 6.08 Å². The van der Waals surface area contributed by atoms with Crippen molar-refractivity contribution in [1.82, 2.24) is 0 Å². The largest absolute Gasteiger partial charge is 0.493 e. The zero-order chi connectivity index (χ0) is 21.4. The van der Waals surface area contributed by atoms with E-state index in [-0.39, 0.29) is 5.41 Å². The van der Waals surface area contributed by atoms with E-state index in [2.05, 4.69) is 39.8 Å². The van der Waals surface area contributed by atoms with Crippen molar-refractivity contribution in [3.8, 4) is 17.2 Å².